The smallest absolute Gasteiger partial charge is 0.242 e. The number of aliphatic hydroxyl groups is 1. The molecule has 1 aliphatic rings. The number of amides is 1. The Kier molecular flexibility index (Phi) is 7.98. The first-order chi connectivity index (χ1) is 14.1. The molecule has 0 saturated carbocycles. The third-order valence-electron chi connectivity index (χ3n) is 5.12. The number of rotatable bonds is 8. The Morgan fingerprint density at radius 3 is 2.41 bits per heavy atom. The minimum absolute atomic E-state index is 0.0748. The number of aliphatic hydroxyl groups excluding tert-OH is 1. The lowest BCUT2D eigenvalue weighted by molar-refractivity contribution is -0.127. The number of carbonyl (C=O) groups is 1. The average molecular weight is 415 g/mol. The van der Waals surface area contributed by atoms with Crippen LogP contribution in [0.15, 0.2) is 48.5 Å². The molecule has 1 saturated heterocycles. The van der Waals surface area contributed by atoms with Gasteiger partial charge in [-0.25, -0.2) is 0 Å². The van der Waals surface area contributed by atoms with E-state index in [1.54, 1.807) is 0 Å². The Balaban J connectivity index is 1.58. The van der Waals surface area contributed by atoms with Crippen molar-refractivity contribution in [2.24, 2.45) is 0 Å². The molecule has 2 atom stereocenters. The molecule has 2 aromatic carbocycles. The van der Waals surface area contributed by atoms with Crippen LogP contribution >= 0.6 is 11.8 Å². The number of hydrogen-bond acceptors (Lipinski definition) is 5. The van der Waals surface area contributed by atoms with Crippen molar-refractivity contribution in [1.29, 1.82) is 0 Å². The van der Waals surface area contributed by atoms with Gasteiger partial charge in [-0.15, -0.1) is 0 Å². The number of nitrogens with zero attached hydrogens (tertiary/aromatic N) is 1. The Hall–Kier alpha value is -2.02. The fraction of sp³-hybridized carbons (Fsp3) is 0.435. The van der Waals surface area contributed by atoms with Crippen molar-refractivity contribution in [2.45, 2.75) is 26.0 Å². The summed E-state index contributed by atoms with van der Waals surface area (Å²) in [5.41, 5.74) is 3.06. The number of hydrogen-bond donors (Lipinski definition) is 2. The number of carbonyl (C=O) groups excluding carboxylic acids is 1. The zero-order chi connectivity index (χ0) is 20.6. The highest BCUT2D eigenvalue weighted by atomic mass is 32.2. The van der Waals surface area contributed by atoms with E-state index in [0.29, 0.717) is 0 Å². The number of thioether (sulfide) groups is 1. The van der Waals surface area contributed by atoms with Gasteiger partial charge in [0.05, 0.1) is 0 Å². The van der Waals surface area contributed by atoms with Gasteiger partial charge in [-0.1, -0.05) is 48.5 Å². The van der Waals surface area contributed by atoms with Gasteiger partial charge in [-0.05, 0) is 30.5 Å². The summed E-state index contributed by atoms with van der Waals surface area (Å²) < 4.78 is 5.81. The van der Waals surface area contributed by atoms with Crippen LogP contribution in [0.1, 0.15) is 22.7 Å². The summed E-state index contributed by atoms with van der Waals surface area (Å²) >= 11 is 1.92. The second-order valence-electron chi connectivity index (χ2n) is 7.39. The Morgan fingerprint density at radius 1 is 1.10 bits per heavy atom. The summed E-state index contributed by atoms with van der Waals surface area (Å²) in [5.74, 6) is 2.78. The van der Waals surface area contributed by atoms with Crippen molar-refractivity contribution in [3.63, 3.8) is 0 Å². The fourth-order valence-corrected chi connectivity index (χ4v) is 4.51. The topological polar surface area (TPSA) is 61.8 Å². The molecule has 1 amide bonds. The molecule has 5 nitrogen and oxygen atoms in total. The lowest BCUT2D eigenvalue weighted by Gasteiger charge is -2.33. The van der Waals surface area contributed by atoms with Gasteiger partial charge in [0.2, 0.25) is 5.91 Å². The Bertz CT molecular complexity index is 774. The summed E-state index contributed by atoms with van der Waals surface area (Å²) in [5, 5.41) is 13.3. The Morgan fingerprint density at radius 2 is 1.76 bits per heavy atom. The largest absolute Gasteiger partial charge is 0.490 e. The van der Waals surface area contributed by atoms with Crippen molar-refractivity contribution in [3.05, 3.63) is 65.2 Å². The molecule has 1 aliphatic heterocycles. The zero-order valence-corrected chi connectivity index (χ0v) is 18.0. The first kappa shape index (κ1) is 21.7. The molecule has 6 heteroatoms. The standard InChI is InChI=1S/C23H30N2O3S/c1-17-7-6-8-18(2)22(17)28-16-20(26)15-24-23(27)21(19-9-4-3-5-10-19)25-11-13-29-14-12-25/h3-10,20-21,26H,11-16H2,1-2H3,(H,24,27). The molecule has 156 valence electrons. The molecule has 3 rings (SSSR count). The predicted octanol–water partition coefficient (Wildman–Crippen LogP) is 2.95. The van der Waals surface area contributed by atoms with Crippen LogP contribution in [-0.2, 0) is 4.79 Å². The van der Waals surface area contributed by atoms with Gasteiger partial charge >= 0.3 is 0 Å². The number of benzene rings is 2. The molecule has 29 heavy (non-hydrogen) atoms. The summed E-state index contributed by atoms with van der Waals surface area (Å²) in [6.07, 6.45) is -0.772. The highest BCUT2D eigenvalue weighted by Crippen LogP contribution is 2.25. The number of aryl methyl sites for hydroxylation is 2. The molecule has 0 aliphatic carbocycles. The minimum Gasteiger partial charge on any atom is -0.490 e. The van der Waals surface area contributed by atoms with Crippen LogP contribution in [0.2, 0.25) is 0 Å². The van der Waals surface area contributed by atoms with Crippen molar-refractivity contribution < 1.29 is 14.6 Å². The first-order valence-electron chi connectivity index (χ1n) is 10.1. The highest BCUT2D eigenvalue weighted by molar-refractivity contribution is 7.99. The number of nitrogens with one attached hydrogen (secondary N) is 1. The van der Waals surface area contributed by atoms with Gasteiger partial charge in [-0.2, -0.15) is 11.8 Å². The van der Waals surface area contributed by atoms with Crippen LogP contribution in [0.25, 0.3) is 0 Å². The second kappa shape index (κ2) is 10.7. The van der Waals surface area contributed by atoms with Gasteiger partial charge < -0.3 is 15.2 Å². The average Bonchev–Trinajstić information content (AvgIpc) is 2.74. The molecule has 0 bridgehead atoms. The summed E-state index contributed by atoms with van der Waals surface area (Å²) in [4.78, 5) is 15.2. The van der Waals surface area contributed by atoms with E-state index in [2.05, 4.69) is 10.2 Å². The van der Waals surface area contributed by atoms with Gasteiger partial charge in [0.25, 0.3) is 0 Å². The molecule has 0 radical (unpaired) electrons. The predicted molar refractivity (Wildman–Crippen MR) is 119 cm³/mol. The molecule has 1 heterocycles. The summed E-state index contributed by atoms with van der Waals surface area (Å²) in [6, 6.07) is 15.5. The summed E-state index contributed by atoms with van der Waals surface area (Å²) in [7, 11) is 0. The van der Waals surface area contributed by atoms with Gasteiger partial charge in [-0.3, -0.25) is 9.69 Å². The lowest BCUT2D eigenvalue weighted by Crippen LogP contribution is -2.46. The van der Waals surface area contributed by atoms with Gasteiger partial charge in [0.1, 0.15) is 24.5 Å². The quantitative estimate of drug-likeness (QED) is 0.695. The lowest BCUT2D eigenvalue weighted by atomic mass is 10.0. The molecule has 0 spiro atoms. The highest BCUT2D eigenvalue weighted by Gasteiger charge is 2.29. The second-order valence-corrected chi connectivity index (χ2v) is 8.62. The van der Waals surface area contributed by atoms with E-state index in [9.17, 15) is 9.90 Å². The zero-order valence-electron chi connectivity index (χ0n) is 17.1. The third kappa shape index (κ3) is 5.98. The normalized spacial score (nSPS) is 16.8. The fourth-order valence-electron chi connectivity index (χ4n) is 3.58. The molecular weight excluding hydrogens is 384 g/mol. The maximum atomic E-state index is 13.0. The van der Waals surface area contributed by atoms with E-state index in [0.717, 1.165) is 47.0 Å². The number of ether oxygens (including phenoxy) is 1. The van der Waals surface area contributed by atoms with Crippen molar-refractivity contribution >= 4 is 17.7 Å². The molecular formula is C23H30N2O3S. The van der Waals surface area contributed by atoms with E-state index in [1.807, 2.05) is 74.1 Å². The van der Waals surface area contributed by atoms with Crippen LogP contribution in [0.5, 0.6) is 5.75 Å². The minimum atomic E-state index is -0.772. The maximum absolute atomic E-state index is 13.0. The van der Waals surface area contributed by atoms with Crippen LogP contribution in [0, 0.1) is 13.8 Å². The van der Waals surface area contributed by atoms with Gasteiger partial charge in [0, 0.05) is 31.1 Å². The molecule has 1 fully saturated rings. The van der Waals surface area contributed by atoms with E-state index in [1.165, 1.54) is 0 Å². The molecule has 2 unspecified atom stereocenters. The van der Waals surface area contributed by atoms with Gasteiger partial charge in [0.15, 0.2) is 0 Å². The van der Waals surface area contributed by atoms with Crippen LogP contribution in [0.4, 0.5) is 0 Å². The molecule has 2 aromatic rings. The van der Waals surface area contributed by atoms with E-state index in [4.69, 9.17) is 4.74 Å². The van der Waals surface area contributed by atoms with Crippen molar-refractivity contribution in [3.8, 4) is 5.75 Å². The summed E-state index contributed by atoms with van der Waals surface area (Å²) in [6.45, 7) is 6.04. The third-order valence-corrected chi connectivity index (χ3v) is 6.06. The number of para-hydroxylation sites is 1. The first-order valence-corrected chi connectivity index (χ1v) is 11.2. The van der Waals surface area contributed by atoms with Crippen molar-refractivity contribution in [1.82, 2.24) is 10.2 Å². The SMILES string of the molecule is Cc1cccc(C)c1OCC(O)CNC(=O)C(c1ccccc1)N1CCSCC1. The van der Waals surface area contributed by atoms with Crippen LogP contribution < -0.4 is 10.1 Å². The van der Waals surface area contributed by atoms with Crippen LogP contribution in [-0.4, -0.2) is 59.8 Å². The molecule has 0 aromatic heterocycles. The molecule has 2 N–H and O–H groups in total. The Labute approximate surface area is 177 Å². The van der Waals surface area contributed by atoms with E-state index in [-0.39, 0.29) is 25.1 Å². The van der Waals surface area contributed by atoms with Crippen LogP contribution in [0.3, 0.4) is 0 Å². The maximum Gasteiger partial charge on any atom is 0.242 e. The monoisotopic (exact) mass is 414 g/mol. The van der Waals surface area contributed by atoms with E-state index >= 15 is 0 Å². The van der Waals surface area contributed by atoms with E-state index < -0.39 is 6.10 Å². The van der Waals surface area contributed by atoms with Crippen molar-refractivity contribution in [2.75, 3.05) is 37.7 Å².